The van der Waals surface area contributed by atoms with Crippen LogP contribution >= 0.6 is 11.8 Å². The minimum Gasteiger partial charge on any atom is -0.494 e. The first-order valence-electron chi connectivity index (χ1n) is 9.85. The number of carbonyl (C=O) groups excluding carboxylic acids is 1. The fraction of sp³-hybridized carbons (Fsp3) is 0.500. The van der Waals surface area contributed by atoms with Crippen LogP contribution in [0.1, 0.15) is 39.5 Å². The van der Waals surface area contributed by atoms with E-state index in [0.717, 1.165) is 23.1 Å². The van der Waals surface area contributed by atoms with Gasteiger partial charge in [0.1, 0.15) is 11.3 Å². The molecule has 2 heterocycles. The van der Waals surface area contributed by atoms with Gasteiger partial charge in [-0.3, -0.25) is 4.79 Å². The highest BCUT2D eigenvalue weighted by Gasteiger charge is 2.23. The molecule has 0 aliphatic heterocycles. The number of nitrogens with one attached hydrogen (secondary N) is 2. The van der Waals surface area contributed by atoms with Gasteiger partial charge in [0.05, 0.1) is 12.4 Å². The van der Waals surface area contributed by atoms with Crippen LogP contribution in [-0.4, -0.2) is 44.5 Å². The molecule has 148 valence electrons. The Kier molecular flexibility index (Phi) is 5.66. The number of nitrogens with zero attached hydrogens (tertiary/aromatic N) is 3. The van der Waals surface area contributed by atoms with Crippen LogP contribution < -0.4 is 10.1 Å². The van der Waals surface area contributed by atoms with Crippen LogP contribution in [0.4, 0.5) is 0 Å². The zero-order valence-electron chi connectivity index (χ0n) is 16.2. The van der Waals surface area contributed by atoms with Gasteiger partial charge in [0.15, 0.2) is 5.65 Å². The lowest BCUT2D eigenvalue weighted by Gasteiger charge is -2.29. The maximum atomic E-state index is 12.3. The molecule has 1 saturated carbocycles. The van der Waals surface area contributed by atoms with Crippen LogP contribution in [0.2, 0.25) is 0 Å². The van der Waals surface area contributed by atoms with Crippen molar-refractivity contribution in [3.05, 3.63) is 18.2 Å². The quantitative estimate of drug-likeness (QED) is 0.614. The van der Waals surface area contributed by atoms with E-state index in [1.807, 2.05) is 25.1 Å². The summed E-state index contributed by atoms with van der Waals surface area (Å²) in [5.74, 6) is 1.67. The molecule has 2 N–H and O–H groups in total. The van der Waals surface area contributed by atoms with Crippen molar-refractivity contribution in [2.75, 3.05) is 12.4 Å². The second kappa shape index (κ2) is 8.34. The maximum Gasteiger partial charge on any atom is 0.230 e. The van der Waals surface area contributed by atoms with Crippen LogP contribution in [0.3, 0.4) is 0 Å². The van der Waals surface area contributed by atoms with Crippen molar-refractivity contribution in [1.82, 2.24) is 25.5 Å². The third kappa shape index (κ3) is 4.06. The number of hydrogen-bond acceptors (Lipinski definition) is 6. The molecule has 3 aromatic rings. The van der Waals surface area contributed by atoms with Crippen LogP contribution in [0.5, 0.6) is 5.75 Å². The minimum absolute atomic E-state index is 0.0328. The number of aromatic amines is 1. The van der Waals surface area contributed by atoms with Crippen molar-refractivity contribution in [1.29, 1.82) is 0 Å². The van der Waals surface area contributed by atoms with Gasteiger partial charge < -0.3 is 15.0 Å². The first-order valence-corrected chi connectivity index (χ1v) is 10.8. The van der Waals surface area contributed by atoms with Gasteiger partial charge in [-0.05, 0) is 43.9 Å². The molecule has 0 radical (unpaired) electrons. The SMILES string of the molecule is CCOc1ccc2[nH]c3nc(SCC(=O)N[C@H]4CCCC[C@@H]4C)nnc3c2c1. The maximum absolute atomic E-state index is 12.3. The molecule has 0 saturated heterocycles. The molecule has 0 spiro atoms. The highest BCUT2D eigenvalue weighted by atomic mass is 32.2. The highest BCUT2D eigenvalue weighted by Crippen LogP contribution is 2.27. The molecular weight excluding hydrogens is 374 g/mol. The Hall–Kier alpha value is -2.35. The molecule has 2 atom stereocenters. The van der Waals surface area contributed by atoms with E-state index in [1.54, 1.807) is 0 Å². The van der Waals surface area contributed by atoms with Crippen molar-refractivity contribution >= 4 is 39.7 Å². The summed E-state index contributed by atoms with van der Waals surface area (Å²) in [5, 5.41) is 13.1. The standard InChI is InChI=1S/C20H25N5O2S/c1-3-27-13-8-9-16-14(10-13)18-19(22-16)23-20(25-24-18)28-11-17(26)21-15-7-5-4-6-12(15)2/h8-10,12,15H,3-7,11H2,1-2H3,(H,21,26)(H,22,23,25)/t12-,15-/m0/s1. The highest BCUT2D eigenvalue weighted by molar-refractivity contribution is 7.99. The van der Waals surface area contributed by atoms with Gasteiger partial charge in [-0.1, -0.05) is 31.5 Å². The first kappa shape index (κ1) is 19.0. The number of ether oxygens (including phenoxy) is 1. The van der Waals surface area contributed by atoms with E-state index in [-0.39, 0.29) is 11.9 Å². The summed E-state index contributed by atoms with van der Waals surface area (Å²) in [5.41, 5.74) is 2.32. The van der Waals surface area contributed by atoms with E-state index in [9.17, 15) is 4.79 Å². The van der Waals surface area contributed by atoms with Crippen LogP contribution in [0, 0.1) is 5.92 Å². The van der Waals surface area contributed by atoms with E-state index in [2.05, 4.69) is 32.4 Å². The second-order valence-electron chi connectivity index (χ2n) is 7.28. The fourth-order valence-electron chi connectivity index (χ4n) is 3.76. The van der Waals surface area contributed by atoms with Gasteiger partial charge in [-0.25, -0.2) is 4.98 Å². The number of amides is 1. The molecule has 1 aliphatic rings. The minimum atomic E-state index is 0.0328. The van der Waals surface area contributed by atoms with Gasteiger partial charge in [-0.2, -0.15) is 0 Å². The molecular formula is C20H25N5O2S. The Labute approximate surface area is 168 Å². The van der Waals surface area contributed by atoms with E-state index < -0.39 is 0 Å². The van der Waals surface area contributed by atoms with Crippen molar-refractivity contribution in [3.63, 3.8) is 0 Å². The summed E-state index contributed by atoms with van der Waals surface area (Å²) >= 11 is 1.31. The Bertz CT molecular complexity index is 989. The zero-order chi connectivity index (χ0) is 19.5. The number of rotatable bonds is 6. The normalized spacial score (nSPS) is 19.8. The molecule has 2 aromatic heterocycles. The molecule has 4 rings (SSSR count). The third-order valence-corrected chi connectivity index (χ3v) is 6.11. The van der Waals surface area contributed by atoms with Crippen molar-refractivity contribution < 1.29 is 9.53 Å². The summed E-state index contributed by atoms with van der Waals surface area (Å²) in [7, 11) is 0. The fourth-order valence-corrected chi connectivity index (χ4v) is 4.36. The second-order valence-corrected chi connectivity index (χ2v) is 8.22. The molecule has 8 heteroatoms. The number of aromatic nitrogens is 4. The zero-order valence-corrected chi connectivity index (χ0v) is 17.0. The Morgan fingerprint density at radius 1 is 1.32 bits per heavy atom. The lowest BCUT2D eigenvalue weighted by Crippen LogP contribution is -2.41. The Morgan fingerprint density at radius 2 is 2.18 bits per heavy atom. The summed E-state index contributed by atoms with van der Waals surface area (Å²) in [6.45, 7) is 4.78. The van der Waals surface area contributed by atoms with Crippen LogP contribution in [0.15, 0.2) is 23.4 Å². The number of fused-ring (bicyclic) bond motifs is 3. The van der Waals surface area contributed by atoms with Crippen molar-refractivity contribution in [3.8, 4) is 5.75 Å². The lowest BCUT2D eigenvalue weighted by atomic mass is 9.86. The molecule has 1 aromatic carbocycles. The predicted molar refractivity (Wildman–Crippen MR) is 111 cm³/mol. The molecule has 7 nitrogen and oxygen atoms in total. The smallest absolute Gasteiger partial charge is 0.230 e. The van der Waals surface area contributed by atoms with Crippen LogP contribution in [-0.2, 0) is 4.79 Å². The average Bonchev–Trinajstić information content (AvgIpc) is 3.05. The summed E-state index contributed by atoms with van der Waals surface area (Å²) in [6, 6.07) is 6.10. The topological polar surface area (TPSA) is 92.8 Å². The largest absolute Gasteiger partial charge is 0.494 e. The lowest BCUT2D eigenvalue weighted by molar-refractivity contribution is -0.119. The first-order chi connectivity index (χ1) is 13.6. The number of carbonyl (C=O) groups is 1. The Morgan fingerprint density at radius 3 is 3.00 bits per heavy atom. The van der Waals surface area contributed by atoms with Crippen molar-refractivity contribution in [2.45, 2.75) is 50.7 Å². The van der Waals surface area contributed by atoms with E-state index >= 15 is 0 Å². The monoisotopic (exact) mass is 399 g/mol. The van der Waals surface area contributed by atoms with Gasteiger partial charge in [0.2, 0.25) is 11.1 Å². The van der Waals surface area contributed by atoms with Gasteiger partial charge in [-0.15, -0.1) is 10.2 Å². The van der Waals surface area contributed by atoms with Gasteiger partial charge in [0.25, 0.3) is 0 Å². The summed E-state index contributed by atoms with van der Waals surface area (Å²) in [4.78, 5) is 20.1. The Balaban J connectivity index is 1.44. The average molecular weight is 400 g/mol. The predicted octanol–water partition coefficient (Wildman–Crippen LogP) is 3.69. The molecule has 1 amide bonds. The molecule has 0 bridgehead atoms. The number of H-pyrrole nitrogens is 1. The summed E-state index contributed by atoms with van der Waals surface area (Å²) in [6.07, 6.45) is 4.71. The third-order valence-electron chi connectivity index (χ3n) is 5.27. The van der Waals surface area contributed by atoms with Crippen LogP contribution in [0.25, 0.3) is 22.1 Å². The molecule has 28 heavy (non-hydrogen) atoms. The van der Waals surface area contributed by atoms with E-state index in [1.165, 1.54) is 31.0 Å². The van der Waals surface area contributed by atoms with E-state index in [0.29, 0.717) is 34.6 Å². The number of thioether (sulfide) groups is 1. The number of hydrogen-bond donors (Lipinski definition) is 2. The summed E-state index contributed by atoms with van der Waals surface area (Å²) < 4.78 is 5.56. The molecule has 1 fully saturated rings. The van der Waals surface area contributed by atoms with Gasteiger partial charge in [0, 0.05) is 16.9 Å². The molecule has 0 unspecified atom stereocenters. The van der Waals surface area contributed by atoms with Gasteiger partial charge >= 0.3 is 0 Å². The molecule has 1 aliphatic carbocycles. The van der Waals surface area contributed by atoms with Crippen molar-refractivity contribution in [2.24, 2.45) is 5.92 Å². The van der Waals surface area contributed by atoms with E-state index in [4.69, 9.17) is 4.74 Å². The number of benzene rings is 1.